The van der Waals surface area contributed by atoms with Gasteiger partial charge in [-0.15, -0.1) is 0 Å². The lowest BCUT2D eigenvalue weighted by Crippen LogP contribution is -2.47. The molecule has 0 aromatic heterocycles. The van der Waals surface area contributed by atoms with Gasteiger partial charge < -0.3 is 19.4 Å². The molecule has 0 heterocycles. The number of amides is 1. The third-order valence-corrected chi connectivity index (χ3v) is 13.2. The lowest BCUT2D eigenvalue weighted by atomic mass is 10.0. The van der Waals surface area contributed by atoms with Crippen molar-refractivity contribution >= 4 is 19.7 Å². The van der Waals surface area contributed by atoms with Crippen LogP contribution < -0.4 is 5.32 Å². The van der Waals surface area contributed by atoms with Crippen LogP contribution in [0.3, 0.4) is 0 Å². The van der Waals surface area contributed by atoms with Gasteiger partial charge in [-0.1, -0.05) is 254 Å². The van der Waals surface area contributed by atoms with Crippen molar-refractivity contribution in [1.29, 1.82) is 0 Å². The Balaban J connectivity index is 5.48. The highest BCUT2D eigenvalue weighted by atomic mass is 31.2. The first-order valence-corrected chi connectivity index (χ1v) is 30.0. The number of ether oxygens (including phenoxy) is 1. The van der Waals surface area contributed by atoms with Crippen LogP contribution in [0.25, 0.3) is 0 Å². The average molecular weight is 1000 g/mol. The van der Waals surface area contributed by atoms with E-state index in [1.165, 1.54) is 128 Å². The maximum atomic E-state index is 13.5. The molecule has 10 heteroatoms. The number of nitrogens with zero attached hydrogens (tertiary/aromatic N) is 1. The fourth-order valence-electron chi connectivity index (χ4n) is 7.85. The number of rotatable bonds is 50. The molecule has 404 valence electrons. The molecule has 0 aromatic rings. The van der Waals surface area contributed by atoms with Gasteiger partial charge >= 0.3 is 13.8 Å². The van der Waals surface area contributed by atoms with Crippen molar-refractivity contribution in [3.8, 4) is 0 Å². The summed E-state index contributed by atoms with van der Waals surface area (Å²) in [7, 11) is 1.46. The van der Waals surface area contributed by atoms with Crippen LogP contribution in [0.4, 0.5) is 0 Å². The van der Waals surface area contributed by atoms with E-state index in [1.807, 2.05) is 94.1 Å². The highest BCUT2D eigenvalue weighted by Gasteiger charge is 2.30. The van der Waals surface area contributed by atoms with Crippen LogP contribution in [0.1, 0.15) is 233 Å². The van der Waals surface area contributed by atoms with E-state index in [-0.39, 0.29) is 37.9 Å². The summed E-state index contributed by atoms with van der Waals surface area (Å²) in [5, 5.41) is 3.02. The molecule has 3 atom stereocenters. The summed E-state index contributed by atoms with van der Waals surface area (Å²) in [5.74, 6) is -0.556. The number of nitrogens with one attached hydrogen (secondary N) is 1. The topological polar surface area (TPSA) is 111 Å². The van der Waals surface area contributed by atoms with Crippen molar-refractivity contribution in [2.75, 3.05) is 40.9 Å². The van der Waals surface area contributed by atoms with E-state index in [2.05, 4.69) is 38.2 Å². The van der Waals surface area contributed by atoms with Gasteiger partial charge in [-0.05, 0) is 51.0 Å². The predicted molar refractivity (Wildman–Crippen MR) is 300 cm³/mol. The van der Waals surface area contributed by atoms with Gasteiger partial charge in [-0.3, -0.25) is 18.6 Å². The van der Waals surface area contributed by atoms with E-state index in [0.717, 1.165) is 64.2 Å². The number of hydrogen-bond acceptors (Lipinski definition) is 6. The van der Waals surface area contributed by atoms with Crippen LogP contribution in [0.15, 0.2) is 85.1 Å². The minimum absolute atomic E-state index is 0.0283. The number of hydrogen-bond donors (Lipinski definition) is 2. The molecule has 0 aliphatic rings. The first-order chi connectivity index (χ1) is 33.9. The summed E-state index contributed by atoms with van der Waals surface area (Å²) >= 11 is 0. The molecule has 70 heavy (non-hydrogen) atoms. The Morgan fingerprint density at radius 3 is 1.39 bits per heavy atom. The Kier molecular flexibility index (Phi) is 47.8. The number of unbranched alkanes of at least 4 members (excludes halogenated alkanes) is 27. The minimum atomic E-state index is -4.46. The maximum Gasteiger partial charge on any atom is 0.472 e. The molecular formula is C60H108N2O7P+. The second-order valence-electron chi connectivity index (χ2n) is 20.2. The Hall–Kier alpha value is -2.81. The van der Waals surface area contributed by atoms with Crippen LogP contribution in [0.2, 0.25) is 0 Å². The monoisotopic (exact) mass is 1000 g/mol. The lowest BCUT2D eigenvalue weighted by Gasteiger charge is -2.27. The quantitative estimate of drug-likeness (QED) is 0.0156. The molecule has 0 radical (unpaired) electrons. The second kappa shape index (κ2) is 49.8. The second-order valence-corrected chi connectivity index (χ2v) is 21.7. The number of quaternary nitrogens is 1. The smallest absolute Gasteiger partial charge is 0.456 e. The molecule has 0 fully saturated rings. The van der Waals surface area contributed by atoms with Crippen LogP contribution in [0, 0.1) is 0 Å². The number of phosphoric ester groups is 1. The number of carbonyl (C=O) groups excluding carboxylic acids is 2. The third kappa shape index (κ3) is 50.1. The zero-order chi connectivity index (χ0) is 51.5. The van der Waals surface area contributed by atoms with Gasteiger partial charge in [-0.2, -0.15) is 0 Å². The van der Waals surface area contributed by atoms with Gasteiger partial charge in [0, 0.05) is 12.8 Å². The summed E-state index contributed by atoms with van der Waals surface area (Å²) < 4.78 is 30.6. The first kappa shape index (κ1) is 67.2. The first-order valence-electron chi connectivity index (χ1n) is 28.5. The van der Waals surface area contributed by atoms with Crippen molar-refractivity contribution in [2.45, 2.75) is 245 Å². The summed E-state index contributed by atoms with van der Waals surface area (Å²) in [4.78, 5) is 37.6. The number of likely N-dealkylation sites (N-methyl/N-ethyl adjacent to an activating group) is 1. The van der Waals surface area contributed by atoms with E-state index in [1.54, 1.807) is 0 Å². The fourth-order valence-corrected chi connectivity index (χ4v) is 8.59. The molecular weight excluding hydrogens is 892 g/mol. The summed E-state index contributed by atoms with van der Waals surface area (Å²) in [6.45, 7) is 6.82. The Morgan fingerprint density at radius 1 is 0.514 bits per heavy atom. The van der Waals surface area contributed by atoms with Crippen LogP contribution in [0.5, 0.6) is 0 Å². The fraction of sp³-hybridized carbons (Fsp3) is 0.733. The van der Waals surface area contributed by atoms with Crippen LogP contribution in [-0.4, -0.2) is 74.3 Å². The molecule has 0 aliphatic heterocycles. The standard InChI is InChI=1S/C60H107N2O7P/c1-7-10-13-16-19-22-25-28-30-31-32-34-37-40-43-46-49-52-59(63)61-57(56-68-70(65,66)67-55-54-62(4,5)6)58(51-48-45-42-39-36-33-27-24-21-18-15-12-9-3)69-60(64)53-50-47-44-41-38-35-29-26-23-20-17-14-11-8-2/h10,13,16,19,22,25,28,30-32,34,37,48,51,57-58H,7-9,11-12,14-15,17-18,20-21,23-24,26-27,29,33,35-36,38-47,49-50,52-56H2,1-6H3,(H-,61,63,65,66)/p+1/b13-10-,19-16+,25-22+,30-28-,32-31+,37-34+,51-48+. The number of carbonyl (C=O) groups is 2. The summed E-state index contributed by atoms with van der Waals surface area (Å²) in [6, 6.07) is -0.873. The SMILES string of the molecule is CC\C=C/C=C/C=C/C=C\C=C\C=C\CCCCCC(=O)NC(COP(=O)(O)OCC[N+](C)(C)C)C(/C=C/CCCCCCCCCCCCC)OC(=O)CCCCCCCCCCCCCCCC. The molecule has 0 aliphatic carbocycles. The molecule has 0 bridgehead atoms. The van der Waals surface area contributed by atoms with Crippen molar-refractivity contribution in [2.24, 2.45) is 0 Å². The highest BCUT2D eigenvalue weighted by Crippen LogP contribution is 2.43. The van der Waals surface area contributed by atoms with Gasteiger partial charge in [0.2, 0.25) is 5.91 Å². The third-order valence-electron chi connectivity index (χ3n) is 12.3. The molecule has 0 rings (SSSR count). The predicted octanol–water partition coefficient (Wildman–Crippen LogP) is 17.0. The number of allylic oxidation sites excluding steroid dienone is 13. The number of esters is 1. The van der Waals surface area contributed by atoms with Crippen molar-refractivity contribution in [3.05, 3.63) is 85.1 Å². The lowest BCUT2D eigenvalue weighted by molar-refractivity contribution is -0.870. The molecule has 0 saturated carbocycles. The Labute approximate surface area is 431 Å². The molecule has 0 aromatic carbocycles. The van der Waals surface area contributed by atoms with Crippen molar-refractivity contribution in [1.82, 2.24) is 5.32 Å². The Morgan fingerprint density at radius 2 is 0.914 bits per heavy atom. The van der Waals surface area contributed by atoms with E-state index < -0.39 is 20.0 Å². The van der Waals surface area contributed by atoms with E-state index in [4.69, 9.17) is 13.8 Å². The van der Waals surface area contributed by atoms with Crippen molar-refractivity contribution in [3.63, 3.8) is 0 Å². The maximum absolute atomic E-state index is 13.5. The molecule has 0 spiro atoms. The van der Waals surface area contributed by atoms with Gasteiger partial charge in [0.1, 0.15) is 19.3 Å². The summed E-state index contributed by atoms with van der Waals surface area (Å²) in [5.41, 5.74) is 0. The number of phosphoric acid groups is 1. The van der Waals surface area contributed by atoms with E-state index >= 15 is 0 Å². The largest absolute Gasteiger partial charge is 0.472 e. The molecule has 2 N–H and O–H groups in total. The zero-order valence-corrected chi connectivity index (χ0v) is 46.9. The van der Waals surface area contributed by atoms with E-state index in [9.17, 15) is 19.0 Å². The molecule has 0 saturated heterocycles. The van der Waals surface area contributed by atoms with Gasteiger partial charge in [-0.25, -0.2) is 4.57 Å². The van der Waals surface area contributed by atoms with Crippen LogP contribution >= 0.6 is 7.82 Å². The molecule has 1 amide bonds. The molecule has 9 nitrogen and oxygen atoms in total. The van der Waals surface area contributed by atoms with Gasteiger partial charge in [0.15, 0.2) is 0 Å². The highest BCUT2D eigenvalue weighted by molar-refractivity contribution is 7.47. The Bertz CT molecular complexity index is 1480. The average Bonchev–Trinajstić information content (AvgIpc) is 3.32. The molecule has 3 unspecified atom stereocenters. The summed E-state index contributed by atoms with van der Waals surface area (Å²) in [6.07, 6.45) is 64.3. The zero-order valence-electron chi connectivity index (χ0n) is 46.0. The van der Waals surface area contributed by atoms with Crippen LogP contribution in [-0.2, 0) is 27.9 Å². The minimum Gasteiger partial charge on any atom is -0.456 e. The van der Waals surface area contributed by atoms with Gasteiger partial charge in [0.25, 0.3) is 0 Å². The normalized spacial score (nSPS) is 14.4. The van der Waals surface area contributed by atoms with E-state index in [0.29, 0.717) is 17.4 Å². The van der Waals surface area contributed by atoms with Gasteiger partial charge in [0.05, 0.1) is 33.8 Å². The van der Waals surface area contributed by atoms with Crippen molar-refractivity contribution < 1.29 is 37.3 Å².